The molecule has 0 amide bonds. The minimum Gasteiger partial charge on any atom is -0.451 e. The number of rotatable bonds is 3. The van der Waals surface area contributed by atoms with Gasteiger partial charge in [0.05, 0.1) is 11.0 Å². The van der Waals surface area contributed by atoms with Gasteiger partial charge in [0, 0.05) is 0 Å². The van der Waals surface area contributed by atoms with Crippen LogP contribution in [0.5, 0.6) is 0 Å². The van der Waals surface area contributed by atoms with Gasteiger partial charge in [0.1, 0.15) is 16.7 Å². The van der Waals surface area contributed by atoms with Crippen LogP contribution < -0.4 is 5.32 Å². The summed E-state index contributed by atoms with van der Waals surface area (Å²) in [4.78, 5) is 4.11. The van der Waals surface area contributed by atoms with Crippen molar-refractivity contribution in [2.45, 2.75) is 6.54 Å². The number of anilines is 1. The Labute approximate surface area is 114 Å². The average Bonchev–Trinajstić information content (AvgIpc) is 2.56. The summed E-state index contributed by atoms with van der Waals surface area (Å²) in [6, 6.07) is 7.30. The number of hydrogen-bond donors (Lipinski definition) is 1. The van der Waals surface area contributed by atoms with Crippen LogP contribution in [0.3, 0.4) is 0 Å². The van der Waals surface area contributed by atoms with Gasteiger partial charge in [-0.1, -0.05) is 17.7 Å². The Hall–Kier alpha value is -0.520. The number of aromatic nitrogens is 1. The molecule has 0 atom stereocenters. The Morgan fingerprint density at radius 2 is 2.19 bits per heavy atom. The normalized spacial score (nSPS) is 10.4. The van der Waals surface area contributed by atoms with Crippen LogP contribution in [0.25, 0.3) is 0 Å². The Balaban J connectivity index is 2.02. The van der Waals surface area contributed by atoms with Crippen LogP contribution in [-0.2, 0) is 6.54 Å². The summed E-state index contributed by atoms with van der Waals surface area (Å²) in [5.74, 6) is 1.52. The third-order valence-corrected chi connectivity index (χ3v) is 3.78. The number of nitrogens with zero attached hydrogens (tertiary/aromatic N) is 1. The molecule has 1 N–H and O–H groups in total. The number of furan rings is 1. The van der Waals surface area contributed by atoms with Crippen molar-refractivity contribution in [3.05, 3.63) is 44.3 Å². The molecule has 0 aliphatic carbocycles. The van der Waals surface area contributed by atoms with Crippen LogP contribution in [0.2, 0.25) is 5.15 Å². The van der Waals surface area contributed by atoms with Crippen molar-refractivity contribution in [1.29, 1.82) is 0 Å². The van der Waals surface area contributed by atoms with E-state index in [-0.39, 0.29) is 0 Å². The van der Waals surface area contributed by atoms with E-state index in [4.69, 9.17) is 16.0 Å². The lowest BCUT2D eigenvalue weighted by molar-refractivity contribution is 0.494. The molecule has 0 radical (unpaired) electrons. The van der Waals surface area contributed by atoms with Gasteiger partial charge in [0.2, 0.25) is 0 Å². The molecule has 2 aromatic rings. The molecule has 2 rings (SSSR count). The van der Waals surface area contributed by atoms with Crippen molar-refractivity contribution in [3.63, 3.8) is 0 Å². The maximum Gasteiger partial charge on any atom is 0.183 e. The minimum atomic E-state index is 0.465. The first kappa shape index (κ1) is 12.0. The summed E-state index contributed by atoms with van der Waals surface area (Å²) in [6.45, 7) is 0.553. The van der Waals surface area contributed by atoms with Crippen molar-refractivity contribution in [1.82, 2.24) is 4.98 Å². The second-order valence-electron chi connectivity index (χ2n) is 3.03. The Bertz CT molecular complexity index is 482. The van der Waals surface area contributed by atoms with Gasteiger partial charge >= 0.3 is 0 Å². The van der Waals surface area contributed by atoms with Gasteiger partial charge in [0.15, 0.2) is 4.67 Å². The fraction of sp³-hybridized carbons (Fsp3) is 0.100. The number of pyridine rings is 1. The molecular weight excluding hydrogens is 359 g/mol. The fourth-order valence-corrected chi connectivity index (χ4v) is 1.99. The van der Waals surface area contributed by atoms with Crippen molar-refractivity contribution < 1.29 is 4.42 Å². The molecule has 2 heterocycles. The molecule has 0 saturated carbocycles. The van der Waals surface area contributed by atoms with E-state index in [1.165, 1.54) is 0 Å². The summed E-state index contributed by atoms with van der Waals surface area (Å²) in [5, 5.41) is 3.58. The fourth-order valence-electron chi connectivity index (χ4n) is 1.16. The zero-order valence-corrected chi connectivity index (χ0v) is 11.9. The molecule has 2 aromatic heterocycles. The first-order chi connectivity index (χ1) is 7.65. The largest absolute Gasteiger partial charge is 0.451 e. The topological polar surface area (TPSA) is 38.1 Å². The molecule has 6 heteroatoms. The molecule has 0 unspecified atom stereocenters. The third kappa shape index (κ3) is 2.99. The number of halogens is 3. The second-order valence-corrected chi connectivity index (χ2v) is 5.00. The van der Waals surface area contributed by atoms with E-state index in [0.29, 0.717) is 16.4 Å². The summed E-state index contributed by atoms with van der Waals surface area (Å²) >= 11 is 12.4. The standard InChI is InChI=1S/C10H7Br2ClN2O/c11-7-4-6(16-10(7)12)5-14-9-3-1-2-8(13)15-9/h1-4H,5H2,(H,14,15). The Kier molecular flexibility index (Phi) is 3.89. The number of nitrogens with one attached hydrogen (secondary N) is 1. The lowest BCUT2D eigenvalue weighted by Gasteiger charge is -2.02. The Morgan fingerprint density at radius 1 is 1.38 bits per heavy atom. The first-order valence-corrected chi connectivity index (χ1v) is 6.41. The van der Waals surface area contributed by atoms with Crippen LogP contribution in [0.1, 0.15) is 5.76 Å². The number of hydrogen-bond acceptors (Lipinski definition) is 3. The zero-order chi connectivity index (χ0) is 11.5. The third-order valence-electron chi connectivity index (χ3n) is 1.86. The molecule has 0 saturated heterocycles. The van der Waals surface area contributed by atoms with Gasteiger partial charge in [-0.2, -0.15) is 0 Å². The van der Waals surface area contributed by atoms with Crippen LogP contribution >= 0.6 is 43.5 Å². The maximum atomic E-state index is 5.77. The minimum absolute atomic E-state index is 0.465. The Morgan fingerprint density at radius 3 is 2.81 bits per heavy atom. The van der Waals surface area contributed by atoms with Crippen molar-refractivity contribution in [3.8, 4) is 0 Å². The second kappa shape index (κ2) is 5.21. The van der Waals surface area contributed by atoms with E-state index in [0.717, 1.165) is 16.1 Å². The van der Waals surface area contributed by atoms with Crippen molar-refractivity contribution >= 4 is 49.3 Å². The predicted molar refractivity (Wildman–Crippen MR) is 70.7 cm³/mol. The monoisotopic (exact) mass is 364 g/mol. The summed E-state index contributed by atoms with van der Waals surface area (Å²) in [7, 11) is 0. The lowest BCUT2D eigenvalue weighted by Crippen LogP contribution is -1.99. The molecule has 84 valence electrons. The summed E-state index contributed by atoms with van der Waals surface area (Å²) in [5.41, 5.74) is 0. The van der Waals surface area contributed by atoms with Gasteiger partial charge in [0.25, 0.3) is 0 Å². The maximum absolute atomic E-state index is 5.77. The molecule has 0 spiro atoms. The highest BCUT2D eigenvalue weighted by Gasteiger charge is 2.05. The van der Waals surface area contributed by atoms with Crippen LogP contribution in [-0.4, -0.2) is 4.98 Å². The van der Waals surface area contributed by atoms with Gasteiger partial charge in [-0.3, -0.25) is 0 Å². The van der Waals surface area contributed by atoms with Gasteiger partial charge in [-0.05, 0) is 50.1 Å². The van der Waals surface area contributed by atoms with E-state index in [9.17, 15) is 0 Å². The van der Waals surface area contributed by atoms with Gasteiger partial charge in [-0.15, -0.1) is 0 Å². The summed E-state index contributed by atoms with van der Waals surface area (Å²) < 4.78 is 6.99. The zero-order valence-electron chi connectivity index (χ0n) is 8.01. The molecule has 0 aliphatic rings. The van der Waals surface area contributed by atoms with Crippen LogP contribution in [0.15, 0.2) is 37.8 Å². The molecule has 0 aromatic carbocycles. The highest BCUT2D eigenvalue weighted by Crippen LogP contribution is 2.27. The van der Waals surface area contributed by atoms with E-state index in [1.807, 2.05) is 18.2 Å². The lowest BCUT2D eigenvalue weighted by atomic mass is 10.4. The molecule has 0 fully saturated rings. The van der Waals surface area contributed by atoms with Crippen molar-refractivity contribution in [2.75, 3.05) is 5.32 Å². The highest BCUT2D eigenvalue weighted by atomic mass is 79.9. The smallest absolute Gasteiger partial charge is 0.183 e. The van der Waals surface area contributed by atoms with Gasteiger partial charge in [-0.25, -0.2) is 4.98 Å². The molecule has 0 aliphatic heterocycles. The molecule has 3 nitrogen and oxygen atoms in total. The van der Waals surface area contributed by atoms with Crippen LogP contribution in [0, 0.1) is 0 Å². The molecule has 0 bridgehead atoms. The van der Waals surface area contributed by atoms with Crippen molar-refractivity contribution in [2.24, 2.45) is 0 Å². The average molecular weight is 366 g/mol. The van der Waals surface area contributed by atoms with Crippen LogP contribution in [0.4, 0.5) is 5.82 Å². The predicted octanol–water partition coefficient (Wildman–Crippen LogP) is 4.47. The SMILES string of the molecule is Clc1cccc(NCc2cc(Br)c(Br)o2)n1. The molecular formula is C10H7Br2ClN2O. The quantitative estimate of drug-likeness (QED) is 0.815. The first-order valence-electron chi connectivity index (χ1n) is 4.45. The molecule has 16 heavy (non-hydrogen) atoms. The van der Waals surface area contributed by atoms with E-state index >= 15 is 0 Å². The van der Waals surface area contributed by atoms with Gasteiger partial charge < -0.3 is 9.73 Å². The van der Waals surface area contributed by atoms with E-state index < -0.39 is 0 Å². The van der Waals surface area contributed by atoms with E-state index in [1.54, 1.807) is 6.07 Å². The van der Waals surface area contributed by atoms with E-state index in [2.05, 4.69) is 42.2 Å². The summed E-state index contributed by atoms with van der Waals surface area (Å²) in [6.07, 6.45) is 0. The highest BCUT2D eigenvalue weighted by molar-refractivity contribution is 9.13.